The lowest BCUT2D eigenvalue weighted by Gasteiger charge is -2.21. The summed E-state index contributed by atoms with van der Waals surface area (Å²) in [5, 5.41) is 8.89. The van der Waals surface area contributed by atoms with Crippen LogP contribution in [0.3, 0.4) is 0 Å². The van der Waals surface area contributed by atoms with Crippen molar-refractivity contribution in [1.29, 1.82) is 0 Å². The predicted molar refractivity (Wildman–Crippen MR) is 72.2 cm³/mol. The van der Waals surface area contributed by atoms with Crippen molar-refractivity contribution in [3.63, 3.8) is 0 Å². The van der Waals surface area contributed by atoms with E-state index in [1.807, 2.05) is 6.92 Å². The topological polar surface area (TPSA) is 87.8 Å². The predicted octanol–water partition coefficient (Wildman–Crippen LogP) is 2.24. The molecule has 1 fully saturated rings. The number of nitrogens with zero attached hydrogens (tertiary/aromatic N) is 1. The van der Waals surface area contributed by atoms with Crippen molar-refractivity contribution in [1.82, 2.24) is 4.31 Å². The van der Waals surface area contributed by atoms with Gasteiger partial charge in [-0.1, -0.05) is 13.3 Å². The number of carboxylic acids is 1. The molecule has 0 aromatic carbocycles. The number of hydrogen-bond acceptors (Lipinski definition) is 4. The normalized spacial score (nSPS) is 15.8. The Balaban J connectivity index is 2.34. The quantitative estimate of drug-likeness (QED) is 0.834. The molecule has 1 aromatic heterocycles. The molecule has 112 valence electrons. The highest BCUT2D eigenvalue weighted by Gasteiger charge is 2.39. The van der Waals surface area contributed by atoms with Crippen LogP contribution < -0.4 is 0 Å². The molecule has 6 nitrogen and oxygen atoms in total. The van der Waals surface area contributed by atoms with Gasteiger partial charge in [-0.3, -0.25) is 0 Å². The second-order valence-corrected chi connectivity index (χ2v) is 6.90. The Bertz CT molecular complexity index is 600. The van der Waals surface area contributed by atoms with Gasteiger partial charge in [-0.05, 0) is 26.2 Å². The maximum absolute atomic E-state index is 12.6. The third kappa shape index (κ3) is 2.88. The highest BCUT2D eigenvalue weighted by Crippen LogP contribution is 2.34. The molecule has 0 atom stereocenters. The minimum Gasteiger partial charge on any atom is -0.475 e. The van der Waals surface area contributed by atoms with Crippen LogP contribution in [0.4, 0.5) is 0 Å². The van der Waals surface area contributed by atoms with E-state index in [2.05, 4.69) is 0 Å². The summed E-state index contributed by atoms with van der Waals surface area (Å²) in [6, 6.07) is 1.16. The summed E-state index contributed by atoms with van der Waals surface area (Å²) in [4.78, 5) is 10.8. The van der Waals surface area contributed by atoms with Gasteiger partial charge in [-0.15, -0.1) is 0 Å². The van der Waals surface area contributed by atoms with Crippen LogP contribution in [0.2, 0.25) is 0 Å². The van der Waals surface area contributed by atoms with E-state index in [1.54, 1.807) is 0 Å². The van der Waals surface area contributed by atoms with Crippen LogP contribution in [-0.2, 0) is 10.0 Å². The Kier molecular flexibility index (Phi) is 4.19. The first-order valence-electron chi connectivity index (χ1n) is 6.73. The molecule has 0 aliphatic heterocycles. The van der Waals surface area contributed by atoms with Gasteiger partial charge < -0.3 is 9.52 Å². The van der Waals surface area contributed by atoms with Gasteiger partial charge in [0.05, 0.1) is 0 Å². The van der Waals surface area contributed by atoms with Crippen LogP contribution >= 0.6 is 0 Å². The molecule has 0 spiro atoms. The van der Waals surface area contributed by atoms with Gasteiger partial charge in [-0.25, -0.2) is 13.2 Å². The Hall–Kier alpha value is -1.34. The molecule has 0 amide bonds. The van der Waals surface area contributed by atoms with E-state index in [0.29, 0.717) is 6.54 Å². The molecule has 0 unspecified atom stereocenters. The molecule has 1 aliphatic rings. The monoisotopic (exact) mass is 301 g/mol. The maximum atomic E-state index is 12.6. The second kappa shape index (κ2) is 5.57. The summed E-state index contributed by atoms with van der Waals surface area (Å²) in [7, 11) is -3.68. The van der Waals surface area contributed by atoms with Crippen molar-refractivity contribution in [2.24, 2.45) is 0 Å². The summed E-state index contributed by atoms with van der Waals surface area (Å²) in [6.07, 6.45) is 3.43. The molecule has 0 bridgehead atoms. The molecule has 1 heterocycles. The molecule has 0 saturated heterocycles. The van der Waals surface area contributed by atoms with Gasteiger partial charge in [0, 0.05) is 18.7 Å². The molecule has 20 heavy (non-hydrogen) atoms. The van der Waals surface area contributed by atoms with E-state index in [1.165, 1.54) is 11.2 Å². The molecule has 1 aliphatic carbocycles. The van der Waals surface area contributed by atoms with Gasteiger partial charge in [0.15, 0.2) is 0 Å². The van der Waals surface area contributed by atoms with Gasteiger partial charge >= 0.3 is 5.97 Å². The largest absolute Gasteiger partial charge is 0.475 e. The number of unbranched alkanes of at least 4 members (excludes halogenated alkanes) is 1. The van der Waals surface area contributed by atoms with Gasteiger partial charge in [0.25, 0.3) is 0 Å². The highest BCUT2D eigenvalue weighted by molar-refractivity contribution is 7.89. The number of hydrogen-bond donors (Lipinski definition) is 1. The minimum absolute atomic E-state index is 0.0297. The van der Waals surface area contributed by atoms with E-state index < -0.39 is 16.0 Å². The molecular weight excluding hydrogens is 282 g/mol. The molecule has 2 rings (SSSR count). The van der Waals surface area contributed by atoms with E-state index in [4.69, 9.17) is 9.52 Å². The maximum Gasteiger partial charge on any atom is 0.371 e. The number of sulfonamides is 1. The van der Waals surface area contributed by atoms with E-state index >= 15 is 0 Å². The number of aryl methyl sites for hydroxylation is 1. The van der Waals surface area contributed by atoms with Gasteiger partial charge in [-0.2, -0.15) is 4.31 Å². The summed E-state index contributed by atoms with van der Waals surface area (Å²) >= 11 is 0. The van der Waals surface area contributed by atoms with Crippen molar-refractivity contribution >= 4 is 16.0 Å². The SMILES string of the molecule is CCCCN(C1CC1)S(=O)(=O)c1cc(C(=O)O)oc1C. The van der Waals surface area contributed by atoms with Crippen LogP contribution in [0.5, 0.6) is 0 Å². The van der Waals surface area contributed by atoms with Crippen molar-refractivity contribution in [3.8, 4) is 0 Å². The summed E-state index contributed by atoms with van der Waals surface area (Å²) in [5.41, 5.74) is 0. The van der Waals surface area contributed by atoms with Crippen LogP contribution in [-0.4, -0.2) is 36.4 Å². The van der Waals surface area contributed by atoms with E-state index in [-0.39, 0.29) is 22.5 Å². The first-order chi connectivity index (χ1) is 9.37. The Morgan fingerprint density at radius 2 is 2.15 bits per heavy atom. The number of carboxylic acid groups (broad SMARTS) is 1. The number of aromatic carboxylic acids is 1. The lowest BCUT2D eigenvalue weighted by molar-refractivity contribution is 0.0661. The van der Waals surface area contributed by atoms with Crippen molar-refractivity contribution < 1.29 is 22.7 Å². The van der Waals surface area contributed by atoms with Crippen LogP contribution in [0.1, 0.15) is 48.9 Å². The number of furan rings is 1. The fourth-order valence-electron chi connectivity index (χ4n) is 2.13. The lowest BCUT2D eigenvalue weighted by Crippen LogP contribution is -2.34. The first-order valence-corrected chi connectivity index (χ1v) is 8.17. The number of rotatable bonds is 7. The van der Waals surface area contributed by atoms with Crippen LogP contribution in [0.25, 0.3) is 0 Å². The fraction of sp³-hybridized carbons (Fsp3) is 0.615. The molecule has 1 N–H and O–H groups in total. The van der Waals surface area contributed by atoms with Gasteiger partial charge in [0.1, 0.15) is 10.7 Å². The summed E-state index contributed by atoms with van der Waals surface area (Å²) < 4.78 is 31.8. The summed E-state index contributed by atoms with van der Waals surface area (Å²) in [5.74, 6) is -1.47. The molecule has 7 heteroatoms. The smallest absolute Gasteiger partial charge is 0.371 e. The average Bonchev–Trinajstić information content (AvgIpc) is 3.10. The average molecular weight is 301 g/mol. The Labute approximate surface area is 118 Å². The van der Waals surface area contributed by atoms with E-state index in [9.17, 15) is 13.2 Å². The third-order valence-corrected chi connectivity index (χ3v) is 5.42. The van der Waals surface area contributed by atoms with E-state index in [0.717, 1.165) is 31.7 Å². The lowest BCUT2D eigenvalue weighted by atomic mass is 10.3. The zero-order chi connectivity index (χ0) is 14.9. The highest BCUT2D eigenvalue weighted by atomic mass is 32.2. The van der Waals surface area contributed by atoms with Crippen LogP contribution in [0, 0.1) is 6.92 Å². The summed E-state index contributed by atoms with van der Waals surface area (Å²) in [6.45, 7) is 3.95. The van der Waals surface area contributed by atoms with Crippen molar-refractivity contribution in [3.05, 3.63) is 17.6 Å². The van der Waals surface area contributed by atoms with Crippen molar-refractivity contribution in [2.45, 2.75) is 50.5 Å². The second-order valence-electron chi connectivity index (χ2n) is 5.04. The first kappa shape index (κ1) is 15.1. The molecule has 0 radical (unpaired) electrons. The zero-order valence-electron chi connectivity index (χ0n) is 11.6. The Morgan fingerprint density at radius 1 is 1.50 bits per heavy atom. The molecular formula is C13H19NO5S. The van der Waals surface area contributed by atoms with Crippen molar-refractivity contribution in [2.75, 3.05) is 6.54 Å². The van der Waals surface area contributed by atoms with Crippen LogP contribution in [0.15, 0.2) is 15.4 Å². The fourth-order valence-corrected chi connectivity index (χ4v) is 4.02. The third-order valence-electron chi connectivity index (χ3n) is 3.36. The standard InChI is InChI=1S/C13H19NO5S/c1-3-4-7-14(10-5-6-10)20(17,18)12-8-11(13(15)16)19-9(12)2/h8,10H,3-7H2,1-2H3,(H,15,16). The number of carbonyl (C=O) groups is 1. The Morgan fingerprint density at radius 3 is 2.60 bits per heavy atom. The zero-order valence-corrected chi connectivity index (χ0v) is 12.4. The van der Waals surface area contributed by atoms with Gasteiger partial charge in [0.2, 0.25) is 15.8 Å². The molecule has 1 aromatic rings. The minimum atomic E-state index is -3.68. The molecule has 1 saturated carbocycles.